The molecule has 3 aromatic carbocycles. The second-order valence-corrected chi connectivity index (χ2v) is 9.99. The number of benzene rings is 3. The Morgan fingerprint density at radius 2 is 1.58 bits per heavy atom. The normalized spacial score (nSPS) is 16.2. The fourth-order valence-electron chi connectivity index (χ4n) is 4.09. The lowest BCUT2D eigenvalue weighted by atomic mass is 10.0. The number of carbonyl (C=O) groups is 1. The van der Waals surface area contributed by atoms with E-state index >= 15 is 0 Å². The van der Waals surface area contributed by atoms with Crippen molar-refractivity contribution in [2.45, 2.75) is 36.6 Å². The molecule has 1 aliphatic rings. The van der Waals surface area contributed by atoms with Gasteiger partial charge in [-0.15, -0.1) is 0 Å². The van der Waals surface area contributed by atoms with Crippen LogP contribution >= 0.6 is 0 Å². The van der Waals surface area contributed by atoms with Gasteiger partial charge in [-0.3, -0.25) is 9.52 Å². The van der Waals surface area contributed by atoms with Crippen LogP contribution < -0.4 is 14.9 Å². The standard InChI is InChI=1S/C26H29N3O3S/c30-26(18-13-21-8-3-1-4-9-21)27-23-12-7-19-29(20-23)24-14-16-25(17-15-24)33(31,32)28-22-10-5-2-6-11-22/h1-6,8-11,14-17,23,28H,7,12-13,18-20H2,(H,27,30). The van der Waals surface area contributed by atoms with Gasteiger partial charge in [-0.25, -0.2) is 8.42 Å². The van der Waals surface area contributed by atoms with Crippen LogP contribution in [0, 0.1) is 0 Å². The molecule has 0 bridgehead atoms. The zero-order valence-corrected chi connectivity index (χ0v) is 19.3. The lowest BCUT2D eigenvalue weighted by molar-refractivity contribution is -0.121. The number of nitrogens with one attached hydrogen (secondary N) is 2. The van der Waals surface area contributed by atoms with Crippen molar-refractivity contribution in [2.24, 2.45) is 0 Å². The van der Waals surface area contributed by atoms with Crippen molar-refractivity contribution >= 4 is 27.3 Å². The molecule has 7 heteroatoms. The Morgan fingerprint density at radius 3 is 2.27 bits per heavy atom. The number of carbonyl (C=O) groups excluding carboxylic acids is 1. The van der Waals surface area contributed by atoms with Crippen LogP contribution in [0.4, 0.5) is 11.4 Å². The maximum absolute atomic E-state index is 12.7. The molecule has 1 amide bonds. The highest BCUT2D eigenvalue weighted by atomic mass is 32.2. The average molecular weight is 464 g/mol. The Balaban J connectivity index is 1.32. The molecule has 0 radical (unpaired) electrons. The number of para-hydroxylation sites is 1. The van der Waals surface area contributed by atoms with E-state index in [1.54, 1.807) is 36.4 Å². The molecule has 33 heavy (non-hydrogen) atoms. The summed E-state index contributed by atoms with van der Waals surface area (Å²) in [6.07, 6.45) is 3.12. The number of aryl methyl sites for hydroxylation is 1. The van der Waals surface area contributed by atoms with Crippen molar-refractivity contribution in [3.8, 4) is 0 Å². The summed E-state index contributed by atoms with van der Waals surface area (Å²) in [7, 11) is -3.64. The number of rotatable bonds is 8. The molecule has 0 saturated carbocycles. The Hall–Kier alpha value is -3.32. The molecular weight excluding hydrogens is 434 g/mol. The van der Waals surface area contributed by atoms with Crippen LogP contribution in [0.25, 0.3) is 0 Å². The van der Waals surface area contributed by atoms with Crippen molar-refractivity contribution in [1.29, 1.82) is 0 Å². The number of anilines is 2. The van der Waals surface area contributed by atoms with Crippen molar-refractivity contribution in [2.75, 3.05) is 22.7 Å². The van der Waals surface area contributed by atoms with E-state index in [0.29, 0.717) is 18.7 Å². The van der Waals surface area contributed by atoms with E-state index < -0.39 is 10.0 Å². The van der Waals surface area contributed by atoms with Gasteiger partial charge in [-0.05, 0) is 61.2 Å². The van der Waals surface area contributed by atoms with E-state index in [2.05, 4.69) is 14.9 Å². The highest BCUT2D eigenvalue weighted by Crippen LogP contribution is 2.23. The molecule has 4 rings (SSSR count). The van der Waals surface area contributed by atoms with Crippen molar-refractivity contribution < 1.29 is 13.2 Å². The predicted molar refractivity (Wildman–Crippen MR) is 132 cm³/mol. The average Bonchev–Trinajstić information content (AvgIpc) is 2.84. The van der Waals surface area contributed by atoms with Gasteiger partial charge in [0.15, 0.2) is 0 Å². The molecule has 0 aliphatic carbocycles. The van der Waals surface area contributed by atoms with Gasteiger partial charge in [0, 0.05) is 36.9 Å². The van der Waals surface area contributed by atoms with Crippen LogP contribution in [-0.2, 0) is 21.2 Å². The Bertz CT molecular complexity index is 1150. The lowest BCUT2D eigenvalue weighted by Crippen LogP contribution is -2.47. The fraction of sp³-hybridized carbons (Fsp3) is 0.269. The first-order chi connectivity index (χ1) is 16.0. The molecule has 0 aromatic heterocycles. The maximum Gasteiger partial charge on any atom is 0.261 e. The molecule has 1 saturated heterocycles. The topological polar surface area (TPSA) is 78.5 Å². The van der Waals surface area contributed by atoms with Gasteiger partial charge in [0.2, 0.25) is 5.91 Å². The monoisotopic (exact) mass is 463 g/mol. The highest BCUT2D eigenvalue weighted by molar-refractivity contribution is 7.92. The molecule has 1 fully saturated rings. The molecule has 2 N–H and O–H groups in total. The van der Waals surface area contributed by atoms with E-state index in [1.807, 2.05) is 48.5 Å². The minimum atomic E-state index is -3.64. The Morgan fingerprint density at radius 1 is 0.909 bits per heavy atom. The minimum absolute atomic E-state index is 0.0686. The molecule has 3 aromatic rings. The first kappa shape index (κ1) is 22.9. The fourth-order valence-corrected chi connectivity index (χ4v) is 5.15. The summed E-state index contributed by atoms with van der Waals surface area (Å²) in [5.74, 6) is 0.0686. The van der Waals surface area contributed by atoms with Gasteiger partial charge in [-0.2, -0.15) is 0 Å². The van der Waals surface area contributed by atoms with Crippen molar-refractivity contribution in [1.82, 2.24) is 5.32 Å². The second kappa shape index (κ2) is 10.5. The largest absolute Gasteiger partial charge is 0.369 e. The van der Waals surface area contributed by atoms with Crippen LogP contribution in [0.1, 0.15) is 24.8 Å². The second-order valence-electron chi connectivity index (χ2n) is 8.30. The molecule has 1 aliphatic heterocycles. The zero-order valence-electron chi connectivity index (χ0n) is 18.5. The SMILES string of the molecule is O=C(CCc1ccccc1)NC1CCCN(c2ccc(S(=O)(=O)Nc3ccccc3)cc2)C1. The summed E-state index contributed by atoms with van der Waals surface area (Å²) in [5.41, 5.74) is 2.65. The molecular formula is C26H29N3O3S. The summed E-state index contributed by atoms with van der Waals surface area (Å²) < 4.78 is 27.9. The van der Waals surface area contributed by atoms with Gasteiger partial charge < -0.3 is 10.2 Å². The van der Waals surface area contributed by atoms with Crippen LogP contribution in [0.15, 0.2) is 89.8 Å². The number of sulfonamides is 1. The van der Waals surface area contributed by atoms with Crippen LogP contribution in [-0.4, -0.2) is 33.5 Å². The molecule has 1 unspecified atom stereocenters. The summed E-state index contributed by atoms with van der Waals surface area (Å²) >= 11 is 0. The number of hydrogen-bond acceptors (Lipinski definition) is 4. The third kappa shape index (κ3) is 6.35. The van der Waals surface area contributed by atoms with Gasteiger partial charge >= 0.3 is 0 Å². The molecule has 1 atom stereocenters. The third-order valence-corrected chi connectivity index (χ3v) is 7.21. The predicted octanol–water partition coefficient (Wildman–Crippen LogP) is 4.21. The summed E-state index contributed by atoms with van der Waals surface area (Å²) in [6, 6.07) is 25.9. The van der Waals surface area contributed by atoms with E-state index in [1.165, 1.54) is 0 Å². The minimum Gasteiger partial charge on any atom is -0.369 e. The number of nitrogens with zero attached hydrogens (tertiary/aromatic N) is 1. The first-order valence-electron chi connectivity index (χ1n) is 11.3. The Kier molecular flexibility index (Phi) is 7.29. The number of hydrogen-bond donors (Lipinski definition) is 2. The van der Waals surface area contributed by atoms with Gasteiger partial charge in [0.05, 0.1) is 4.90 Å². The van der Waals surface area contributed by atoms with Crippen molar-refractivity contribution in [3.05, 3.63) is 90.5 Å². The first-order valence-corrected chi connectivity index (χ1v) is 12.7. The molecule has 6 nitrogen and oxygen atoms in total. The summed E-state index contributed by atoms with van der Waals surface area (Å²) in [5, 5.41) is 3.17. The molecule has 1 heterocycles. The molecule has 172 valence electrons. The molecule has 0 spiro atoms. The van der Waals surface area contributed by atoms with E-state index in [4.69, 9.17) is 0 Å². The number of amides is 1. The van der Waals surface area contributed by atoms with Crippen LogP contribution in [0.5, 0.6) is 0 Å². The summed E-state index contributed by atoms with van der Waals surface area (Å²) in [4.78, 5) is 14.9. The quantitative estimate of drug-likeness (QED) is 0.525. The highest BCUT2D eigenvalue weighted by Gasteiger charge is 2.22. The maximum atomic E-state index is 12.7. The van der Waals surface area contributed by atoms with E-state index in [-0.39, 0.29) is 16.8 Å². The van der Waals surface area contributed by atoms with Crippen LogP contribution in [0.3, 0.4) is 0 Å². The van der Waals surface area contributed by atoms with Gasteiger partial charge in [0.1, 0.15) is 0 Å². The van der Waals surface area contributed by atoms with Gasteiger partial charge in [0.25, 0.3) is 10.0 Å². The number of piperidine rings is 1. The Labute approximate surface area is 195 Å². The smallest absolute Gasteiger partial charge is 0.261 e. The zero-order chi connectivity index (χ0) is 23.1. The summed E-state index contributed by atoms with van der Waals surface area (Å²) in [6.45, 7) is 1.59. The lowest BCUT2D eigenvalue weighted by Gasteiger charge is -2.35. The van der Waals surface area contributed by atoms with Crippen LogP contribution in [0.2, 0.25) is 0 Å². The third-order valence-electron chi connectivity index (χ3n) is 5.81. The van der Waals surface area contributed by atoms with E-state index in [0.717, 1.165) is 37.1 Å². The van der Waals surface area contributed by atoms with E-state index in [9.17, 15) is 13.2 Å². The van der Waals surface area contributed by atoms with Crippen molar-refractivity contribution in [3.63, 3.8) is 0 Å². The van der Waals surface area contributed by atoms with Gasteiger partial charge in [-0.1, -0.05) is 48.5 Å².